The second-order valence-electron chi connectivity index (χ2n) is 3.37. The summed E-state index contributed by atoms with van der Waals surface area (Å²) in [5.74, 6) is 0.837. The quantitative estimate of drug-likeness (QED) is 0.576. The fourth-order valence-corrected chi connectivity index (χ4v) is 0.931. The number of ether oxygens (including phenoxy) is 1. The minimum atomic E-state index is 0.443. The Balaban J connectivity index is 3.03. The van der Waals surface area contributed by atoms with Gasteiger partial charge in [0.05, 0.1) is 6.10 Å². The standard InChI is InChI=1S/C9H20O/c1-8(2)6-5-7-9(3)10-4/h8-9H,5-7H2,1-4H3/t9-/m1/s1. The second kappa shape index (κ2) is 5.72. The third-order valence-corrected chi connectivity index (χ3v) is 1.79. The zero-order chi connectivity index (χ0) is 7.98. The molecular weight excluding hydrogens is 124 g/mol. The first-order valence-corrected chi connectivity index (χ1v) is 4.19. The maximum absolute atomic E-state index is 5.13. The van der Waals surface area contributed by atoms with E-state index >= 15 is 0 Å². The van der Waals surface area contributed by atoms with Gasteiger partial charge in [-0.2, -0.15) is 0 Å². The molecule has 0 unspecified atom stereocenters. The molecule has 0 saturated carbocycles. The molecular formula is C9H20O. The fraction of sp³-hybridized carbons (Fsp3) is 1.00. The van der Waals surface area contributed by atoms with E-state index < -0.39 is 0 Å². The normalized spacial score (nSPS) is 14.1. The number of hydrogen-bond donors (Lipinski definition) is 0. The highest BCUT2D eigenvalue weighted by Gasteiger charge is 1.99. The van der Waals surface area contributed by atoms with Gasteiger partial charge in [-0.05, 0) is 19.3 Å². The number of rotatable bonds is 5. The van der Waals surface area contributed by atoms with Crippen LogP contribution in [0.15, 0.2) is 0 Å². The third-order valence-electron chi connectivity index (χ3n) is 1.79. The summed E-state index contributed by atoms with van der Waals surface area (Å²) in [6.45, 7) is 6.65. The van der Waals surface area contributed by atoms with Crippen molar-refractivity contribution >= 4 is 0 Å². The van der Waals surface area contributed by atoms with Crippen LogP contribution in [-0.4, -0.2) is 13.2 Å². The van der Waals surface area contributed by atoms with Crippen LogP contribution in [0.25, 0.3) is 0 Å². The van der Waals surface area contributed by atoms with Gasteiger partial charge in [0.1, 0.15) is 0 Å². The Morgan fingerprint density at radius 1 is 1.10 bits per heavy atom. The zero-order valence-electron chi connectivity index (χ0n) is 7.68. The maximum Gasteiger partial charge on any atom is 0.0543 e. The molecule has 1 heteroatoms. The third kappa shape index (κ3) is 6.09. The van der Waals surface area contributed by atoms with Gasteiger partial charge in [0, 0.05) is 7.11 Å². The van der Waals surface area contributed by atoms with Crippen molar-refractivity contribution in [1.29, 1.82) is 0 Å². The van der Waals surface area contributed by atoms with Gasteiger partial charge < -0.3 is 4.74 Å². The lowest BCUT2D eigenvalue weighted by Gasteiger charge is -2.09. The summed E-state index contributed by atoms with van der Waals surface area (Å²) >= 11 is 0. The Kier molecular flexibility index (Phi) is 5.70. The highest BCUT2D eigenvalue weighted by molar-refractivity contribution is 4.51. The van der Waals surface area contributed by atoms with E-state index in [2.05, 4.69) is 20.8 Å². The van der Waals surface area contributed by atoms with E-state index in [0.717, 1.165) is 5.92 Å². The van der Waals surface area contributed by atoms with Crippen LogP contribution in [0.4, 0.5) is 0 Å². The Hall–Kier alpha value is -0.0400. The smallest absolute Gasteiger partial charge is 0.0543 e. The van der Waals surface area contributed by atoms with Crippen molar-refractivity contribution in [2.24, 2.45) is 5.92 Å². The Morgan fingerprint density at radius 2 is 1.70 bits per heavy atom. The van der Waals surface area contributed by atoms with Gasteiger partial charge >= 0.3 is 0 Å². The van der Waals surface area contributed by atoms with E-state index in [0.29, 0.717) is 6.10 Å². The van der Waals surface area contributed by atoms with Crippen LogP contribution >= 0.6 is 0 Å². The largest absolute Gasteiger partial charge is 0.382 e. The van der Waals surface area contributed by atoms with Crippen LogP contribution in [0.3, 0.4) is 0 Å². The summed E-state index contributed by atoms with van der Waals surface area (Å²) in [5.41, 5.74) is 0. The van der Waals surface area contributed by atoms with Gasteiger partial charge in [-0.25, -0.2) is 0 Å². The molecule has 0 radical (unpaired) electrons. The Morgan fingerprint density at radius 3 is 2.10 bits per heavy atom. The van der Waals surface area contributed by atoms with Gasteiger partial charge in [0.25, 0.3) is 0 Å². The van der Waals surface area contributed by atoms with Crippen molar-refractivity contribution in [3.63, 3.8) is 0 Å². The minimum absolute atomic E-state index is 0.443. The molecule has 1 atom stereocenters. The Labute approximate surface area is 64.8 Å². The first kappa shape index (κ1) is 9.96. The minimum Gasteiger partial charge on any atom is -0.382 e. The van der Waals surface area contributed by atoms with E-state index in [1.54, 1.807) is 7.11 Å². The average Bonchev–Trinajstić information content (AvgIpc) is 1.87. The van der Waals surface area contributed by atoms with E-state index in [1.165, 1.54) is 19.3 Å². The lowest BCUT2D eigenvalue weighted by Crippen LogP contribution is -2.04. The fourth-order valence-electron chi connectivity index (χ4n) is 0.931. The predicted molar refractivity (Wildman–Crippen MR) is 45.2 cm³/mol. The molecule has 0 aromatic carbocycles. The van der Waals surface area contributed by atoms with Crippen molar-refractivity contribution in [3.8, 4) is 0 Å². The van der Waals surface area contributed by atoms with Crippen LogP contribution < -0.4 is 0 Å². The summed E-state index contributed by atoms with van der Waals surface area (Å²) < 4.78 is 5.13. The number of methoxy groups -OCH3 is 1. The molecule has 0 heterocycles. The first-order chi connectivity index (χ1) is 4.66. The van der Waals surface area contributed by atoms with Crippen LogP contribution in [0.1, 0.15) is 40.0 Å². The number of hydrogen-bond acceptors (Lipinski definition) is 1. The first-order valence-electron chi connectivity index (χ1n) is 4.19. The van der Waals surface area contributed by atoms with E-state index in [-0.39, 0.29) is 0 Å². The zero-order valence-corrected chi connectivity index (χ0v) is 7.68. The summed E-state index contributed by atoms with van der Waals surface area (Å²) in [6.07, 6.45) is 4.27. The van der Waals surface area contributed by atoms with Crippen LogP contribution in [0.2, 0.25) is 0 Å². The van der Waals surface area contributed by atoms with Crippen LogP contribution in [0.5, 0.6) is 0 Å². The Bertz CT molecular complexity index is 69.1. The molecule has 0 fully saturated rings. The molecule has 0 bridgehead atoms. The van der Waals surface area contributed by atoms with Gasteiger partial charge in [-0.15, -0.1) is 0 Å². The SMILES string of the molecule is CO[C@H](C)CCCC(C)C. The predicted octanol–water partition coefficient (Wildman–Crippen LogP) is 2.85. The lowest BCUT2D eigenvalue weighted by molar-refractivity contribution is 0.107. The molecule has 0 N–H and O–H groups in total. The average molecular weight is 144 g/mol. The van der Waals surface area contributed by atoms with E-state index in [1.807, 2.05) is 0 Å². The molecule has 0 aromatic heterocycles. The molecule has 0 aliphatic carbocycles. The molecule has 0 aliphatic rings. The molecule has 0 saturated heterocycles. The van der Waals surface area contributed by atoms with Gasteiger partial charge in [-0.3, -0.25) is 0 Å². The molecule has 0 aromatic rings. The molecule has 0 rings (SSSR count). The summed E-state index contributed by atoms with van der Waals surface area (Å²) in [4.78, 5) is 0. The molecule has 10 heavy (non-hydrogen) atoms. The lowest BCUT2D eigenvalue weighted by atomic mass is 10.1. The highest BCUT2D eigenvalue weighted by atomic mass is 16.5. The van der Waals surface area contributed by atoms with Crippen molar-refractivity contribution in [2.75, 3.05) is 7.11 Å². The van der Waals surface area contributed by atoms with Crippen molar-refractivity contribution in [1.82, 2.24) is 0 Å². The highest BCUT2D eigenvalue weighted by Crippen LogP contribution is 2.09. The molecule has 0 amide bonds. The topological polar surface area (TPSA) is 9.23 Å². The van der Waals surface area contributed by atoms with Crippen LogP contribution in [-0.2, 0) is 4.74 Å². The van der Waals surface area contributed by atoms with Crippen molar-refractivity contribution in [3.05, 3.63) is 0 Å². The molecule has 62 valence electrons. The van der Waals surface area contributed by atoms with Gasteiger partial charge in [0.15, 0.2) is 0 Å². The molecule has 0 aliphatic heterocycles. The monoisotopic (exact) mass is 144 g/mol. The van der Waals surface area contributed by atoms with Crippen molar-refractivity contribution < 1.29 is 4.74 Å². The molecule has 1 nitrogen and oxygen atoms in total. The van der Waals surface area contributed by atoms with Crippen molar-refractivity contribution in [2.45, 2.75) is 46.1 Å². The summed E-state index contributed by atoms with van der Waals surface area (Å²) in [6, 6.07) is 0. The second-order valence-corrected chi connectivity index (χ2v) is 3.37. The van der Waals surface area contributed by atoms with Crippen LogP contribution in [0, 0.1) is 5.92 Å². The van der Waals surface area contributed by atoms with Gasteiger partial charge in [0.2, 0.25) is 0 Å². The summed E-state index contributed by atoms with van der Waals surface area (Å²) in [7, 11) is 1.78. The van der Waals surface area contributed by atoms with E-state index in [4.69, 9.17) is 4.74 Å². The van der Waals surface area contributed by atoms with E-state index in [9.17, 15) is 0 Å². The molecule has 0 spiro atoms. The summed E-state index contributed by atoms with van der Waals surface area (Å²) in [5, 5.41) is 0. The maximum atomic E-state index is 5.13. The van der Waals surface area contributed by atoms with Gasteiger partial charge in [-0.1, -0.05) is 26.7 Å².